The zero-order valence-electron chi connectivity index (χ0n) is 11.3. The molecule has 0 aromatic carbocycles. The van der Waals surface area contributed by atoms with Crippen molar-refractivity contribution in [2.45, 2.75) is 58.3 Å². The van der Waals surface area contributed by atoms with Crippen molar-refractivity contribution in [3.8, 4) is 0 Å². The average Bonchev–Trinajstić information content (AvgIpc) is 2.88. The van der Waals surface area contributed by atoms with Crippen LogP contribution in [0.2, 0.25) is 0 Å². The first kappa shape index (κ1) is 12.8. The molecular formula is C13H25N3O. The first-order valence-electron chi connectivity index (χ1n) is 6.98. The minimum Gasteiger partial charge on any atom is -0.324 e. The first-order valence-corrected chi connectivity index (χ1v) is 6.98. The van der Waals surface area contributed by atoms with E-state index in [1.807, 2.05) is 6.92 Å². The van der Waals surface area contributed by atoms with Crippen LogP contribution in [0.3, 0.4) is 0 Å². The van der Waals surface area contributed by atoms with Crippen LogP contribution in [0.4, 0.5) is 0 Å². The van der Waals surface area contributed by atoms with Gasteiger partial charge in [-0.05, 0) is 39.3 Å². The van der Waals surface area contributed by atoms with Crippen molar-refractivity contribution in [3.63, 3.8) is 0 Å². The SMILES string of the molecule is CCC1NC(C)C(=O)N1CC1CCCN1CC. The third-order valence-electron chi connectivity index (χ3n) is 4.17. The molecule has 2 rings (SSSR count). The minimum absolute atomic E-state index is 0.00331. The largest absolute Gasteiger partial charge is 0.324 e. The summed E-state index contributed by atoms with van der Waals surface area (Å²) in [5.74, 6) is 0.278. The quantitative estimate of drug-likeness (QED) is 0.796. The molecular weight excluding hydrogens is 214 g/mol. The van der Waals surface area contributed by atoms with Gasteiger partial charge in [0, 0.05) is 12.6 Å². The van der Waals surface area contributed by atoms with Crippen LogP contribution in [0.25, 0.3) is 0 Å². The van der Waals surface area contributed by atoms with Gasteiger partial charge in [-0.1, -0.05) is 13.8 Å². The van der Waals surface area contributed by atoms with E-state index in [0.29, 0.717) is 6.04 Å². The van der Waals surface area contributed by atoms with Gasteiger partial charge in [0.05, 0.1) is 12.2 Å². The maximum Gasteiger partial charge on any atom is 0.240 e. The summed E-state index contributed by atoms with van der Waals surface area (Å²) in [7, 11) is 0. The summed E-state index contributed by atoms with van der Waals surface area (Å²) in [6, 6.07) is 0.571. The predicted molar refractivity (Wildman–Crippen MR) is 68.7 cm³/mol. The molecule has 2 aliphatic rings. The van der Waals surface area contributed by atoms with E-state index in [1.54, 1.807) is 0 Å². The Hall–Kier alpha value is -0.610. The maximum absolute atomic E-state index is 12.1. The molecule has 4 heteroatoms. The number of hydrogen-bond donors (Lipinski definition) is 1. The number of nitrogens with one attached hydrogen (secondary N) is 1. The van der Waals surface area contributed by atoms with Crippen molar-refractivity contribution < 1.29 is 4.79 Å². The highest BCUT2D eigenvalue weighted by atomic mass is 16.2. The number of carbonyl (C=O) groups is 1. The second-order valence-electron chi connectivity index (χ2n) is 5.23. The van der Waals surface area contributed by atoms with Crippen LogP contribution in [0, 0.1) is 0 Å². The number of likely N-dealkylation sites (N-methyl/N-ethyl adjacent to an activating group) is 1. The molecule has 0 spiro atoms. The molecule has 17 heavy (non-hydrogen) atoms. The second-order valence-corrected chi connectivity index (χ2v) is 5.23. The standard InChI is InChI=1S/C13H25N3O/c1-4-12-14-10(3)13(17)16(12)9-11-7-6-8-15(11)5-2/h10-12,14H,4-9H2,1-3H3. The maximum atomic E-state index is 12.1. The Balaban J connectivity index is 1.99. The van der Waals surface area contributed by atoms with Crippen LogP contribution >= 0.6 is 0 Å². The summed E-state index contributed by atoms with van der Waals surface area (Å²) in [5.41, 5.74) is 0. The summed E-state index contributed by atoms with van der Waals surface area (Å²) in [5, 5.41) is 3.37. The van der Waals surface area contributed by atoms with Crippen LogP contribution in [-0.4, -0.2) is 53.6 Å². The highest BCUT2D eigenvalue weighted by Gasteiger charge is 2.37. The molecule has 2 heterocycles. The average molecular weight is 239 g/mol. The fourth-order valence-corrected chi connectivity index (χ4v) is 3.15. The van der Waals surface area contributed by atoms with Crippen LogP contribution in [-0.2, 0) is 4.79 Å². The third-order valence-corrected chi connectivity index (χ3v) is 4.17. The van der Waals surface area contributed by atoms with E-state index in [0.717, 1.165) is 19.5 Å². The van der Waals surface area contributed by atoms with E-state index in [1.165, 1.54) is 19.4 Å². The molecule has 98 valence electrons. The number of rotatable bonds is 4. The predicted octanol–water partition coefficient (Wildman–Crippen LogP) is 1.03. The van der Waals surface area contributed by atoms with Crippen molar-refractivity contribution in [1.29, 1.82) is 0 Å². The molecule has 0 aromatic rings. The lowest BCUT2D eigenvalue weighted by Crippen LogP contribution is -2.45. The van der Waals surface area contributed by atoms with E-state index in [4.69, 9.17) is 0 Å². The Morgan fingerprint density at radius 3 is 2.82 bits per heavy atom. The van der Waals surface area contributed by atoms with Gasteiger partial charge < -0.3 is 4.90 Å². The molecule has 1 amide bonds. The molecule has 0 aromatic heterocycles. The summed E-state index contributed by atoms with van der Waals surface area (Å²) >= 11 is 0. The van der Waals surface area contributed by atoms with Gasteiger partial charge in [0.1, 0.15) is 0 Å². The van der Waals surface area contributed by atoms with Gasteiger partial charge in [-0.25, -0.2) is 0 Å². The zero-order chi connectivity index (χ0) is 12.4. The second kappa shape index (κ2) is 5.36. The van der Waals surface area contributed by atoms with Gasteiger partial charge in [0.25, 0.3) is 0 Å². The van der Waals surface area contributed by atoms with Gasteiger partial charge in [-0.15, -0.1) is 0 Å². The Morgan fingerprint density at radius 2 is 2.18 bits per heavy atom. The normalized spacial score (nSPS) is 34.9. The van der Waals surface area contributed by atoms with Gasteiger partial charge >= 0.3 is 0 Å². The van der Waals surface area contributed by atoms with Crippen molar-refractivity contribution >= 4 is 5.91 Å². The lowest BCUT2D eigenvalue weighted by atomic mass is 10.2. The molecule has 0 aliphatic carbocycles. The van der Waals surface area contributed by atoms with Crippen LogP contribution in [0.1, 0.15) is 40.0 Å². The minimum atomic E-state index is -0.00331. The molecule has 3 atom stereocenters. The van der Waals surface area contributed by atoms with Crippen molar-refractivity contribution in [2.75, 3.05) is 19.6 Å². The molecule has 1 N–H and O–H groups in total. The fraction of sp³-hybridized carbons (Fsp3) is 0.923. The van der Waals surface area contributed by atoms with Crippen LogP contribution in [0.5, 0.6) is 0 Å². The number of hydrogen-bond acceptors (Lipinski definition) is 3. The smallest absolute Gasteiger partial charge is 0.240 e. The van der Waals surface area contributed by atoms with Crippen molar-refractivity contribution in [1.82, 2.24) is 15.1 Å². The summed E-state index contributed by atoms with van der Waals surface area (Å²) < 4.78 is 0. The molecule has 4 nitrogen and oxygen atoms in total. The molecule has 2 saturated heterocycles. The van der Waals surface area contributed by atoms with E-state index >= 15 is 0 Å². The first-order chi connectivity index (χ1) is 8.17. The monoisotopic (exact) mass is 239 g/mol. The molecule has 0 saturated carbocycles. The summed E-state index contributed by atoms with van der Waals surface area (Å²) in [6.45, 7) is 9.53. The van der Waals surface area contributed by atoms with E-state index < -0.39 is 0 Å². The van der Waals surface area contributed by atoms with Gasteiger partial charge in [0.2, 0.25) is 5.91 Å². The lowest BCUT2D eigenvalue weighted by molar-refractivity contribution is -0.130. The zero-order valence-corrected chi connectivity index (χ0v) is 11.3. The van der Waals surface area contributed by atoms with Gasteiger partial charge in [-0.3, -0.25) is 15.0 Å². The Kier molecular flexibility index (Phi) is 4.05. The molecule has 0 radical (unpaired) electrons. The molecule has 0 bridgehead atoms. The molecule has 2 fully saturated rings. The summed E-state index contributed by atoms with van der Waals surface area (Å²) in [6.07, 6.45) is 3.76. The lowest BCUT2D eigenvalue weighted by Gasteiger charge is -2.30. The Bertz CT molecular complexity index is 282. The van der Waals surface area contributed by atoms with E-state index in [-0.39, 0.29) is 18.1 Å². The molecule has 3 unspecified atom stereocenters. The van der Waals surface area contributed by atoms with Crippen molar-refractivity contribution in [2.24, 2.45) is 0 Å². The fourth-order valence-electron chi connectivity index (χ4n) is 3.15. The third kappa shape index (κ3) is 2.47. The van der Waals surface area contributed by atoms with Crippen LogP contribution < -0.4 is 5.32 Å². The van der Waals surface area contributed by atoms with Crippen LogP contribution in [0.15, 0.2) is 0 Å². The highest BCUT2D eigenvalue weighted by Crippen LogP contribution is 2.21. The van der Waals surface area contributed by atoms with E-state index in [9.17, 15) is 4.79 Å². The number of nitrogens with zero attached hydrogens (tertiary/aromatic N) is 2. The van der Waals surface area contributed by atoms with Crippen molar-refractivity contribution in [3.05, 3.63) is 0 Å². The highest BCUT2D eigenvalue weighted by molar-refractivity contribution is 5.83. The van der Waals surface area contributed by atoms with E-state index in [2.05, 4.69) is 29.0 Å². The topological polar surface area (TPSA) is 35.6 Å². The number of likely N-dealkylation sites (tertiary alicyclic amines) is 1. The Labute approximate surface area is 104 Å². The van der Waals surface area contributed by atoms with Gasteiger partial charge in [-0.2, -0.15) is 0 Å². The number of carbonyl (C=O) groups excluding carboxylic acids is 1. The van der Waals surface area contributed by atoms with Gasteiger partial charge in [0.15, 0.2) is 0 Å². The Morgan fingerprint density at radius 1 is 1.41 bits per heavy atom. The summed E-state index contributed by atoms with van der Waals surface area (Å²) in [4.78, 5) is 16.7. The molecule has 2 aliphatic heterocycles. The number of amides is 1.